The van der Waals surface area contributed by atoms with Gasteiger partial charge in [-0.3, -0.25) is 0 Å². The van der Waals surface area contributed by atoms with Gasteiger partial charge in [-0.2, -0.15) is 0 Å². The minimum atomic E-state index is -1.06. The Kier molecular flexibility index (Phi) is 3.76. The third-order valence-corrected chi connectivity index (χ3v) is 2.76. The van der Waals surface area contributed by atoms with Gasteiger partial charge in [-0.25, -0.2) is 9.18 Å². The van der Waals surface area contributed by atoms with Crippen molar-refractivity contribution >= 4 is 17.6 Å². The summed E-state index contributed by atoms with van der Waals surface area (Å²) in [6.07, 6.45) is 0. The zero-order chi connectivity index (χ0) is 14.0. The van der Waals surface area contributed by atoms with Gasteiger partial charge in [0.25, 0.3) is 0 Å². The van der Waals surface area contributed by atoms with E-state index < -0.39 is 11.8 Å². The maximum atomic E-state index is 12.8. The molecule has 0 aliphatic carbocycles. The van der Waals surface area contributed by atoms with Crippen molar-refractivity contribution in [2.75, 3.05) is 0 Å². The molecule has 4 nitrogen and oxygen atoms in total. The first kappa shape index (κ1) is 13.4. The van der Waals surface area contributed by atoms with Gasteiger partial charge in [0.2, 0.25) is 0 Å². The molecular weight excluding hydrogens is 275 g/mol. The van der Waals surface area contributed by atoms with Gasteiger partial charge in [-0.1, -0.05) is 11.6 Å². The van der Waals surface area contributed by atoms with E-state index in [0.717, 1.165) is 6.07 Å². The quantitative estimate of drug-likeness (QED) is 0.931. The minimum Gasteiger partial charge on any atom is -0.484 e. The van der Waals surface area contributed by atoms with E-state index in [2.05, 4.69) is 0 Å². The normalized spacial score (nSPS) is 10.5. The maximum Gasteiger partial charge on any atom is 0.339 e. The smallest absolute Gasteiger partial charge is 0.339 e. The Morgan fingerprint density at radius 1 is 1.47 bits per heavy atom. The summed E-state index contributed by atoms with van der Waals surface area (Å²) in [5.74, 6) is -0.563. The van der Waals surface area contributed by atoms with Crippen LogP contribution in [0.5, 0.6) is 5.75 Å². The van der Waals surface area contributed by atoms with Crippen molar-refractivity contribution in [3.05, 3.63) is 52.2 Å². The van der Waals surface area contributed by atoms with Gasteiger partial charge in [0.15, 0.2) is 0 Å². The number of carboxylic acid groups (broad SMARTS) is 1. The molecule has 6 heteroatoms. The summed E-state index contributed by atoms with van der Waals surface area (Å²) in [5.41, 5.74) is 0.0869. The molecule has 0 bridgehead atoms. The summed E-state index contributed by atoms with van der Waals surface area (Å²) in [7, 11) is 0. The van der Waals surface area contributed by atoms with Crippen LogP contribution in [0.1, 0.15) is 21.9 Å². The molecule has 19 heavy (non-hydrogen) atoms. The highest BCUT2D eigenvalue weighted by Crippen LogP contribution is 2.26. The molecule has 1 aromatic carbocycles. The average molecular weight is 285 g/mol. The fraction of sp³-hybridized carbons (Fsp3) is 0.154. The van der Waals surface area contributed by atoms with Crippen LogP contribution < -0.4 is 4.74 Å². The van der Waals surface area contributed by atoms with Crippen molar-refractivity contribution in [2.24, 2.45) is 0 Å². The van der Waals surface area contributed by atoms with Crippen LogP contribution in [0.2, 0.25) is 5.02 Å². The molecule has 1 heterocycles. The number of ether oxygens (including phenoxy) is 1. The van der Waals surface area contributed by atoms with E-state index >= 15 is 0 Å². The zero-order valence-electron chi connectivity index (χ0n) is 9.94. The molecule has 0 unspecified atom stereocenters. The van der Waals surface area contributed by atoms with E-state index in [1.165, 1.54) is 18.2 Å². The summed E-state index contributed by atoms with van der Waals surface area (Å²) < 4.78 is 23.4. The first-order valence-corrected chi connectivity index (χ1v) is 5.75. The largest absolute Gasteiger partial charge is 0.484 e. The van der Waals surface area contributed by atoms with Crippen LogP contribution >= 0.6 is 11.6 Å². The van der Waals surface area contributed by atoms with Crippen LogP contribution in [-0.2, 0) is 6.61 Å². The van der Waals surface area contributed by atoms with Crippen molar-refractivity contribution in [1.82, 2.24) is 0 Å². The second-order valence-corrected chi connectivity index (χ2v) is 4.26. The molecule has 0 fully saturated rings. The topological polar surface area (TPSA) is 59.7 Å². The first-order chi connectivity index (χ1) is 8.97. The highest BCUT2D eigenvalue weighted by Gasteiger charge is 2.14. The molecule has 100 valence electrons. The van der Waals surface area contributed by atoms with Crippen molar-refractivity contribution in [2.45, 2.75) is 13.5 Å². The van der Waals surface area contributed by atoms with Crippen molar-refractivity contribution < 1.29 is 23.4 Å². The summed E-state index contributed by atoms with van der Waals surface area (Å²) in [4.78, 5) is 10.8. The number of aromatic carboxylic acids is 1. The highest BCUT2D eigenvalue weighted by atomic mass is 35.5. The third kappa shape index (κ3) is 3.06. The maximum absolute atomic E-state index is 12.8. The van der Waals surface area contributed by atoms with Gasteiger partial charge in [0.05, 0.1) is 5.02 Å². The van der Waals surface area contributed by atoms with Gasteiger partial charge >= 0.3 is 5.97 Å². The number of furan rings is 1. The number of hydrogen-bond donors (Lipinski definition) is 1. The van der Waals surface area contributed by atoms with E-state index in [-0.39, 0.29) is 17.2 Å². The molecule has 2 rings (SSSR count). The number of carbonyl (C=O) groups is 1. The number of benzene rings is 1. The minimum absolute atomic E-state index is 0.0134. The number of halogens is 2. The molecule has 0 spiro atoms. The van der Waals surface area contributed by atoms with Crippen LogP contribution in [0.25, 0.3) is 0 Å². The first-order valence-electron chi connectivity index (χ1n) is 5.38. The van der Waals surface area contributed by atoms with Crippen LogP contribution in [0.4, 0.5) is 4.39 Å². The Bertz CT molecular complexity index is 621. The van der Waals surface area contributed by atoms with Crippen LogP contribution in [-0.4, -0.2) is 11.1 Å². The number of hydrogen-bond acceptors (Lipinski definition) is 3. The molecule has 0 saturated heterocycles. The fourth-order valence-corrected chi connectivity index (χ4v) is 1.79. The monoisotopic (exact) mass is 284 g/mol. The fourth-order valence-electron chi connectivity index (χ4n) is 1.57. The van der Waals surface area contributed by atoms with Gasteiger partial charge in [0.1, 0.15) is 35.3 Å². The predicted octanol–water partition coefficient (Wildman–Crippen LogP) is 3.66. The second kappa shape index (κ2) is 5.32. The lowest BCUT2D eigenvalue weighted by Crippen LogP contribution is -1.96. The Morgan fingerprint density at radius 2 is 2.21 bits per heavy atom. The zero-order valence-corrected chi connectivity index (χ0v) is 10.7. The number of aryl methyl sites for hydroxylation is 1. The molecule has 1 aromatic heterocycles. The molecule has 2 aromatic rings. The van der Waals surface area contributed by atoms with Crippen LogP contribution in [0, 0.1) is 12.7 Å². The van der Waals surface area contributed by atoms with Gasteiger partial charge < -0.3 is 14.3 Å². The summed E-state index contributed by atoms with van der Waals surface area (Å²) in [6, 6.07) is 5.13. The highest BCUT2D eigenvalue weighted by molar-refractivity contribution is 6.32. The van der Waals surface area contributed by atoms with Gasteiger partial charge in [-0.15, -0.1) is 0 Å². The lowest BCUT2D eigenvalue weighted by Gasteiger charge is -2.05. The van der Waals surface area contributed by atoms with Gasteiger partial charge in [0, 0.05) is 0 Å². The van der Waals surface area contributed by atoms with Crippen LogP contribution in [0.3, 0.4) is 0 Å². The van der Waals surface area contributed by atoms with Crippen molar-refractivity contribution in [1.29, 1.82) is 0 Å². The molecule has 0 aliphatic rings. The molecular formula is C13H10ClFO4. The molecule has 0 atom stereocenters. The van der Waals surface area contributed by atoms with E-state index in [1.807, 2.05) is 0 Å². The lowest BCUT2D eigenvalue weighted by molar-refractivity contribution is 0.0695. The second-order valence-electron chi connectivity index (χ2n) is 3.85. The molecule has 1 N–H and O–H groups in total. The molecule has 0 aliphatic heterocycles. The SMILES string of the molecule is Cc1oc(COc2ccc(F)cc2Cl)cc1C(=O)O. The Balaban J connectivity index is 2.10. The molecule has 0 radical (unpaired) electrons. The van der Waals surface area contributed by atoms with E-state index in [9.17, 15) is 9.18 Å². The Labute approximate surface area is 113 Å². The van der Waals surface area contributed by atoms with Crippen LogP contribution in [0.15, 0.2) is 28.7 Å². The summed E-state index contributed by atoms with van der Waals surface area (Å²) >= 11 is 5.79. The van der Waals surface area contributed by atoms with E-state index in [1.54, 1.807) is 6.92 Å². The Hall–Kier alpha value is -2.01. The summed E-state index contributed by atoms with van der Waals surface area (Å²) in [6.45, 7) is 1.57. The average Bonchev–Trinajstić information content (AvgIpc) is 2.69. The Morgan fingerprint density at radius 3 is 2.79 bits per heavy atom. The third-order valence-electron chi connectivity index (χ3n) is 2.46. The van der Waals surface area contributed by atoms with E-state index in [4.69, 9.17) is 25.9 Å². The number of carboxylic acids is 1. The summed E-state index contributed by atoms with van der Waals surface area (Å²) in [5, 5.41) is 9.02. The lowest BCUT2D eigenvalue weighted by atomic mass is 10.2. The molecule has 0 amide bonds. The van der Waals surface area contributed by atoms with E-state index in [0.29, 0.717) is 17.3 Å². The van der Waals surface area contributed by atoms with Crippen molar-refractivity contribution in [3.63, 3.8) is 0 Å². The van der Waals surface area contributed by atoms with Crippen molar-refractivity contribution in [3.8, 4) is 5.75 Å². The number of rotatable bonds is 4. The predicted molar refractivity (Wildman–Crippen MR) is 66.1 cm³/mol. The van der Waals surface area contributed by atoms with Gasteiger partial charge in [-0.05, 0) is 31.2 Å². The molecule has 0 saturated carbocycles. The standard InChI is InChI=1S/C13H10ClFO4/c1-7-10(13(16)17)5-9(19-7)6-18-12-3-2-8(15)4-11(12)14/h2-5H,6H2,1H3,(H,16,17).